The van der Waals surface area contributed by atoms with Gasteiger partial charge >= 0.3 is 0 Å². The van der Waals surface area contributed by atoms with E-state index < -0.39 is 18.2 Å². The molecule has 1 unspecified atom stereocenters. The van der Waals surface area contributed by atoms with Crippen molar-refractivity contribution in [2.45, 2.75) is 51.3 Å². The number of amides is 2. The highest BCUT2D eigenvalue weighted by Crippen LogP contribution is 2.28. The van der Waals surface area contributed by atoms with E-state index in [2.05, 4.69) is 4.98 Å². The van der Waals surface area contributed by atoms with E-state index >= 15 is 0 Å². The summed E-state index contributed by atoms with van der Waals surface area (Å²) in [7, 11) is 0. The van der Waals surface area contributed by atoms with Crippen LogP contribution in [0.1, 0.15) is 31.0 Å². The lowest BCUT2D eigenvalue weighted by atomic mass is 10.00. The molecule has 0 bridgehead atoms. The number of benzene rings is 1. The van der Waals surface area contributed by atoms with Crippen LogP contribution in [0.2, 0.25) is 0 Å². The minimum absolute atomic E-state index is 0.0377. The molecule has 2 amide bonds. The average Bonchev–Trinajstić information content (AvgIpc) is 3.42. The number of hydrogen-bond acceptors (Lipinski definition) is 7. The highest BCUT2D eigenvalue weighted by molar-refractivity contribution is 7.13. The molecule has 1 N–H and O–H groups in total. The van der Waals surface area contributed by atoms with Gasteiger partial charge < -0.3 is 19.6 Å². The molecule has 0 spiro atoms. The number of rotatable bonds is 7. The molecule has 1 aromatic carbocycles. The number of likely N-dealkylation sites (tertiary alicyclic amines) is 1. The van der Waals surface area contributed by atoms with Crippen LogP contribution in [0, 0.1) is 6.92 Å². The maximum Gasteiger partial charge on any atom is 0.249 e. The molecule has 3 atom stereocenters. The van der Waals surface area contributed by atoms with Crippen molar-refractivity contribution in [3.8, 4) is 10.4 Å². The summed E-state index contributed by atoms with van der Waals surface area (Å²) in [6, 6.07) is 6.75. The number of aliphatic hydroxyl groups is 1. The third-order valence-electron chi connectivity index (χ3n) is 6.40. The van der Waals surface area contributed by atoms with E-state index in [4.69, 9.17) is 4.74 Å². The van der Waals surface area contributed by atoms with Crippen LogP contribution in [-0.2, 0) is 25.5 Å². The number of Topliss-reactive ketones (excluding diaryl/α,β-unsaturated/α-hetero) is 1. The van der Waals surface area contributed by atoms with Gasteiger partial charge in [-0.3, -0.25) is 14.4 Å². The summed E-state index contributed by atoms with van der Waals surface area (Å²) in [5.41, 5.74) is 4.97. The van der Waals surface area contributed by atoms with Crippen LogP contribution in [0.25, 0.3) is 10.4 Å². The maximum absolute atomic E-state index is 13.1. The number of carbonyl (C=O) groups excluding carboxylic acids is 3. The molecule has 9 heteroatoms. The second kappa shape index (κ2) is 10.1. The number of aliphatic hydroxyl groups excluding tert-OH is 1. The van der Waals surface area contributed by atoms with Crippen molar-refractivity contribution in [2.24, 2.45) is 0 Å². The quantitative estimate of drug-likeness (QED) is 0.661. The number of aromatic nitrogens is 1. The third kappa shape index (κ3) is 5.15. The van der Waals surface area contributed by atoms with Gasteiger partial charge in [-0.15, -0.1) is 11.3 Å². The van der Waals surface area contributed by atoms with Gasteiger partial charge in [0.25, 0.3) is 0 Å². The molecule has 3 heterocycles. The Morgan fingerprint density at radius 3 is 2.73 bits per heavy atom. The highest BCUT2D eigenvalue weighted by atomic mass is 32.1. The van der Waals surface area contributed by atoms with Crippen LogP contribution in [0.15, 0.2) is 29.8 Å². The summed E-state index contributed by atoms with van der Waals surface area (Å²) in [5, 5.41) is 10.2. The SMILES string of the molecule is Cc1ncsc1-c1ccc(CCC(=O)[C@@H]2C[C@@H](O)CN2C(=O)C(C)N2CCOCC2=O)cc1. The number of nitrogens with zero attached hydrogens (tertiary/aromatic N) is 3. The molecule has 4 rings (SSSR count). The Kier molecular flexibility index (Phi) is 7.21. The Labute approximate surface area is 197 Å². The van der Waals surface area contributed by atoms with Crippen molar-refractivity contribution in [3.63, 3.8) is 0 Å². The van der Waals surface area contributed by atoms with E-state index in [0.717, 1.165) is 21.7 Å². The van der Waals surface area contributed by atoms with Gasteiger partial charge in [0.2, 0.25) is 11.8 Å². The third-order valence-corrected chi connectivity index (χ3v) is 7.38. The predicted molar refractivity (Wildman–Crippen MR) is 124 cm³/mol. The Bertz CT molecular complexity index is 1020. The van der Waals surface area contributed by atoms with E-state index in [-0.39, 0.29) is 43.6 Å². The first-order chi connectivity index (χ1) is 15.8. The molecule has 2 fully saturated rings. The van der Waals surface area contributed by atoms with E-state index in [1.54, 1.807) is 18.3 Å². The summed E-state index contributed by atoms with van der Waals surface area (Å²) in [6.07, 6.45) is 0.341. The van der Waals surface area contributed by atoms with Crippen LogP contribution in [0.3, 0.4) is 0 Å². The lowest BCUT2D eigenvalue weighted by Gasteiger charge is -2.35. The van der Waals surface area contributed by atoms with E-state index in [1.165, 1.54) is 9.80 Å². The van der Waals surface area contributed by atoms with Crippen molar-refractivity contribution >= 4 is 28.9 Å². The topological polar surface area (TPSA) is 100 Å². The van der Waals surface area contributed by atoms with Gasteiger partial charge in [0, 0.05) is 25.9 Å². The molecule has 0 radical (unpaired) electrons. The van der Waals surface area contributed by atoms with Crippen LogP contribution in [0.4, 0.5) is 0 Å². The maximum atomic E-state index is 13.1. The molecule has 176 valence electrons. The van der Waals surface area contributed by atoms with Crippen molar-refractivity contribution in [3.05, 3.63) is 41.0 Å². The van der Waals surface area contributed by atoms with Crippen LogP contribution in [0.5, 0.6) is 0 Å². The number of ether oxygens (including phenoxy) is 1. The molecule has 2 aliphatic rings. The van der Waals surface area contributed by atoms with Gasteiger partial charge in [0.1, 0.15) is 12.6 Å². The van der Waals surface area contributed by atoms with E-state index in [9.17, 15) is 19.5 Å². The van der Waals surface area contributed by atoms with Gasteiger partial charge in [0.05, 0.1) is 34.8 Å². The normalized spacial score (nSPS) is 22.0. The smallest absolute Gasteiger partial charge is 0.249 e. The largest absolute Gasteiger partial charge is 0.391 e. The van der Waals surface area contributed by atoms with Gasteiger partial charge in [0.15, 0.2) is 5.78 Å². The Morgan fingerprint density at radius 2 is 2.06 bits per heavy atom. The van der Waals surface area contributed by atoms with Crippen LogP contribution < -0.4 is 0 Å². The lowest BCUT2D eigenvalue weighted by Crippen LogP contribution is -2.55. The Balaban J connectivity index is 1.38. The fraction of sp³-hybridized carbons (Fsp3) is 0.500. The van der Waals surface area contributed by atoms with Crippen LogP contribution >= 0.6 is 11.3 Å². The number of morpholine rings is 1. The van der Waals surface area contributed by atoms with Crippen LogP contribution in [-0.4, -0.2) is 82.0 Å². The number of aryl methyl sites for hydroxylation is 2. The highest BCUT2D eigenvalue weighted by Gasteiger charge is 2.41. The molecule has 33 heavy (non-hydrogen) atoms. The molecular formula is C24H29N3O5S. The standard InChI is InChI=1S/C24H29N3O5S/c1-15-23(33-14-25-15)18-6-3-17(4-7-18)5-8-21(29)20-11-19(28)12-27(20)24(31)16(2)26-9-10-32-13-22(26)30/h3-4,6-7,14,16,19-20,28H,5,8-13H2,1-2H3/t16?,19-,20+/m1/s1. The van der Waals surface area contributed by atoms with Crippen molar-refractivity contribution in [2.75, 3.05) is 26.3 Å². The Morgan fingerprint density at radius 1 is 1.30 bits per heavy atom. The summed E-state index contributed by atoms with van der Waals surface area (Å²) in [4.78, 5) is 46.6. The average molecular weight is 472 g/mol. The fourth-order valence-corrected chi connectivity index (χ4v) is 5.32. The zero-order valence-corrected chi connectivity index (χ0v) is 19.7. The Hall–Kier alpha value is -2.62. The molecule has 2 aromatic rings. The first kappa shape index (κ1) is 23.5. The van der Waals surface area contributed by atoms with Crippen molar-refractivity contribution in [1.82, 2.24) is 14.8 Å². The molecule has 2 aliphatic heterocycles. The zero-order valence-electron chi connectivity index (χ0n) is 18.9. The molecule has 1 aromatic heterocycles. The van der Waals surface area contributed by atoms with Crippen molar-refractivity contribution in [1.29, 1.82) is 0 Å². The summed E-state index contributed by atoms with van der Waals surface area (Å²) in [5.74, 6) is -0.603. The second-order valence-electron chi connectivity index (χ2n) is 8.64. The van der Waals surface area contributed by atoms with E-state index in [0.29, 0.717) is 19.6 Å². The number of β-amino-alcohol motifs (C(OH)–C–C–N with tert-alkyl or cyclic N) is 1. The molecule has 8 nitrogen and oxygen atoms in total. The predicted octanol–water partition coefficient (Wildman–Crippen LogP) is 1.83. The van der Waals surface area contributed by atoms with E-state index in [1.807, 2.05) is 36.7 Å². The first-order valence-corrected chi connectivity index (χ1v) is 12.1. The number of hydrogen-bond donors (Lipinski definition) is 1. The number of carbonyl (C=O) groups is 3. The molecule has 2 saturated heterocycles. The minimum atomic E-state index is -0.739. The monoisotopic (exact) mass is 471 g/mol. The number of thiazole rings is 1. The van der Waals surface area contributed by atoms with Gasteiger partial charge in [-0.1, -0.05) is 24.3 Å². The van der Waals surface area contributed by atoms with Gasteiger partial charge in [-0.05, 0) is 31.4 Å². The van der Waals surface area contributed by atoms with Gasteiger partial charge in [-0.25, -0.2) is 4.98 Å². The summed E-state index contributed by atoms with van der Waals surface area (Å²) in [6.45, 7) is 4.46. The molecule has 0 aliphatic carbocycles. The van der Waals surface area contributed by atoms with Gasteiger partial charge in [-0.2, -0.15) is 0 Å². The second-order valence-corrected chi connectivity index (χ2v) is 9.50. The summed E-state index contributed by atoms with van der Waals surface area (Å²) >= 11 is 1.60. The molecular weight excluding hydrogens is 442 g/mol. The van der Waals surface area contributed by atoms with Crippen molar-refractivity contribution < 1.29 is 24.2 Å². The minimum Gasteiger partial charge on any atom is -0.391 e. The fourth-order valence-electron chi connectivity index (χ4n) is 4.51. The molecule has 0 saturated carbocycles. The number of ketones is 1. The first-order valence-electron chi connectivity index (χ1n) is 11.2. The summed E-state index contributed by atoms with van der Waals surface area (Å²) < 4.78 is 5.14. The lowest BCUT2D eigenvalue weighted by molar-refractivity contribution is -0.154. The zero-order chi connectivity index (χ0) is 23.5.